The van der Waals surface area contributed by atoms with Gasteiger partial charge in [0.15, 0.2) is 11.5 Å². The smallest absolute Gasteiger partial charge is 0.162 e. The summed E-state index contributed by atoms with van der Waals surface area (Å²) in [4.78, 5) is 5.56. The van der Waals surface area contributed by atoms with Crippen LogP contribution in [-0.2, 0) is 0 Å². The minimum atomic E-state index is 0.602. The molecule has 0 N–H and O–H groups in total. The molecular formula is C26H25NO5S. The predicted octanol–water partition coefficient (Wildman–Crippen LogP) is 6.22. The standard InChI is InChI=1S/C26H25NO5S/c1-28-19-5-4-6-20(15-19)31-13-14-33-21-9-7-18(8-10-21)32-24-11-12-27-23-17-26(30-3)25(29-2)16-22(23)24/h4-12,15-17H,13-14H2,1-3H3. The average molecular weight is 464 g/mol. The molecule has 1 heterocycles. The highest BCUT2D eigenvalue weighted by molar-refractivity contribution is 7.99. The number of rotatable bonds is 10. The van der Waals surface area contributed by atoms with E-state index in [0.717, 1.165) is 38.8 Å². The highest BCUT2D eigenvalue weighted by Gasteiger charge is 2.11. The molecule has 0 saturated heterocycles. The lowest BCUT2D eigenvalue weighted by atomic mass is 10.2. The molecule has 0 aliphatic carbocycles. The summed E-state index contributed by atoms with van der Waals surface area (Å²) in [5.41, 5.74) is 0.772. The van der Waals surface area contributed by atoms with E-state index in [9.17, 15) is 0 Å². The lowest BCUT2D eigenvalue weighted by Gasteiger charge is -2.12. The first-order valence-corrected chi connectivity index (χ1v) is 11.4. The molecule has 4 rings (SSSR count). The normalized spacial score (nSPS) is 10.6. The summed E-state index contributed by atoms with van der Waals surface area (Å²) in [6.45, 7) is 0.602. The number of methoxy groups -OCH3 is 3. The number of ether oxygens (including phenoxy) is 5. The van der Waals surface area contributed by atoms with E-state index in [1.165, 1.54) is 0 Å². The van der Waals surface area contributed by atoms with Crippen LogP contribution < -0.4 is 23.7 Å². The fourth-order valence-electron chi connectivity index (χ4n) is 3.28. The fourth-order valence-corrected chi connectivity index (χ4v) is 4.01. The Morgan fingerprint density at radius 3 is 2.24 bits per heavy atom. The third-order valence-electron chi connectivity index (χ3n) is 4.92. The maximum absolute atomic E-state index is 6.14. The number of benzene rings is 3. The molecule has 6 nitrogen and oxygen atoms in total. The van der Waals surface area contributed by atoms with Gasteiger partial charge in [0, 0.05) is 34.4 Å². The van der Waals surface area contributed by atoms with E-state index in [1.54, 1.807) is 39.3 Å². The summed E-state index contributed by atoms with van der Waals surface area (Å²) in [5.74, 6) is 5.13. The van der Waals surface area contributed by atoms with Gasteiger partial charge < -0.3 is 23.7 Å². The van der Waals surface area contributed by atoms with Crippen molar-refractivity contribution in [1.82, 2.24) is 4.98 Å². The first-order valence-electron chi connectivity index (χ1n) is 10.4. The number of pyridine rings is 1. The molecular weight excluding hydrogens is 438 g/mol. The zero-order chi connectivity index (χ0) is 23.0. The van der Waals surface area contributed by atoms with Crippen LogP contribution >= 0.6 is 11.8 Å². The van der Waals surface area contributed by atoms with Crippen molar-refractivity contribution < 1.29 is 23.7 Å². The molecule has 0 bridgehead atoms. The molecule has 0 radical (unpaired) electrons. The summed E-state index contributed by atoms with van der Waals surface area (Å²) in [5, 5.41) is 0.850. The van der Waals surface area contributed by atoms with Crippen molar-refractivity contribution in [3.05, 3.63) is 72.9 Å². The minimum absolute atomic E-state index is 0.602. The van der Waals surface area contributed by atoms with Crippen molar-refractivity contribution in [1.29, 1.82) is 0 Å². The summed E-state index contributed by atoms with van der Waals surface area (Å²) in [6.07, 6.45) is 1.72. The van der Waals surface area contributed by atoms with Gasteiger partial charge in [0.05, 0.1) is 33.5 Å². The molecule has 7 heteroatoms. The lowest BCUT2D eigenvalue weighted by Crippen LogP contribution is -2.00. The van der Waals surface area contributed by atoms with Crippen LogP contribution in [0.1, 0.15) is 0 Å². The van der Waals surface area contributed by atoms with Gasteiger partial charge in [-0.2, -0.15) is 0 Å². The Morgan fingerprint density at radius 2 is 1.48 bits per heavy atom. The SMILES string of the molecule is COc1cccc(OCCSc2ccc(Oc3ccnc4cc(OC)c(OC)cc34)cc2)c1. The summed E-state index contributed by atoms with van der Waals surface area (Å²) >= 11 is 1.72. The van der Waals surface area contributed by atoms with Crippen molar-refractivity contribution in [3.63, 3.8) is 0 Å². The molecule has 3 aromatic carbocycles. The first kappa shape index (κ1) is 22.6. The largest absolute Gasteiger partial charge is 0.497 e. The molecule has 0 amide bonds. The van der Waals surface area contributed by atoms with E-state index >= 15 is 0 Å². The van der Waals surface area contributed by atoms with E-state index in [4.69, 9.17) is 23.7 Å². The van der Waals surface area contributed by atoms with Crippen LogP contribution in [0.5, 0.6) is 34.5 Å². The fraction of sp³-hybridized carbons (Fsp3) is 0.192. The molecule has 4 aromatic rings. The van der Waals surface area contributed by atoms with E-state index in [-0.39, 0.29) is 0 Å². The van der Waals surface area contributed by atoms with Gasteiger partial charge in [-0.25, -0.2) is 0 Å². The van der Waals surface area contributed by atoms with Crippen molar-refractivity contribution >= 4 is 22.7 Å². The summed E-state index contributed by atoms with van der Waals surface area (Å²) < 4.78 is 28.0. The van der Waals surface area contributed by atoms with Crippen molar-refractivity contribution in [2.75, 3.05) is 33.7 Å². The monoisotopic (exact) mass is 463 g/mol. The van der Waals surface area contributed by atoms with Crippen LogP contribution in [-0.4, -0.2) is 38.7 Å². The van der Waals surface area contributed by atoms with E-state index in [2.05, 4.69) is 4.98 Å². The molecule has 0 unspecified atom stereocenters. The molecule has 0 fully saturated rings. The first-order chi connectivity index (χ1) is 16.2. The van der Waals surface area contributed by atoms with Gasteiger partial charge >= 0.3 is 0 Å². The molecule has 0 atom stereocenters. The topological polar surface area (TPSA) is 59.0 Å². The number of aromatic nitrogens is 1. The lowest BCUT2D eigenvalue weighted by molar-refractivity contribution is 0.339. The predicted molar refractivity (Wildman–Crippen MR) is 131 cm³/mol. The third-order valence-corrected chi connectivity index (χ3v) is 5.90. The molecule has 1 aromatic heterocycles. The molecule has 0 spiro atoms. The quantitative estimate of drug-likeness (QED) is 0.204. The Morgan fingerprint density at radius 1 is 0.727 bits per heavy atom. The molecule has 170 valence electrons. The Balaban J connectivity index is 1.37. The molecule has 0 saturated carbocycles. The van der Waals surface area contributed by atoms with Crippen molar-refractivity contribution in [2.24, 2.45) is 0 Å². The van der Waals surface area contributed by atoms with Gasteiger partial charge in [0.1, 0.15) is 23.0 Å². The van der Waals surface area contributed by atoms with Crippen LogP contribution in [0.3, 0.4) is 0 Å². The van der Waals surface area contributed by atoms with Crippen LogP contribution in [0.4, 0.5) is 0 Å². The maximum atomic E-state index is 6.14. The van der Waals surface area contributed by atoms with Crippen LogP contribution in [0, 0.1) is 0 Å². The summed E-state index contributed by atoms with van der Waals surface area (Å²) in [6, 6.07) is 21.2. The third kappa shape index (κ3) is 5.62. The molecule has 33 heavy (non-hydrogen) atoms. The maximum Gasteiger partial charge on any atom is 0.162 e. The number of hydrogen-bond acceptors (Lipinski definition) is 7. The second-order valence-electron chi connectivity index (χ2n) is 6.98. The van der Waals surface area contributed by atoms with E-state index < -0.39 is 0 Å². The number of thioether (sulfide) groups is 1. The molecule has 0 aliphatic heterocycles. The Hall–Kier alpha value is -3.58. The van der Waals surface area contributed by atoms with Gasteiger partial charge in [0.2, 0.25) is 0 Å². The Kier molecular flexibility index (Phi) is 7.42. The average Bonchev–Trinajstić information content (AvgIpc) is 2.87. The number of hydrogen-bond donors (Lipinski definition) is 0. The second-order valence-corrected chi connectivity index (χ2v) is 8.15. The van der Waals surface area contributed by atoms with Crippen molar-refractivity contribution in [2.45, 2.75) is 4.90 Å². The number of fused-ring (bicyclic) bond motifs is 1. The molecule has 0 aliphatic rings. The van der Waals surface area contributed by atoms with Gasteiger partial charge in [-0.1, -0.05) is 6.07 Å². The van der Waals surface area contributed by atoms with Crippen LogP contribution in [0.25, 0.3) is 10.9 Å². The van der Waals surface area contributed by atoms with Gasteiger partial charge in [-0.05, 0) is 48.5 Å². The highest BCUT2D eigenvalue weighted by Crippen LogP contribution is 2.37. The van der Waals surface area contributed by atoms with Crippen LogP contribution in [0.15, 0.2) is 77.8 Å². The Labute approximate surface area is 197 Å². The zero-order valence-corrected chi connectivity index (χ0v) is 19.6. The highest BCUT2D eigenvalue weighted by atomic mass is 32.2. The van der Waals surface area contributed by atoms with Gasteiger partial charge in [-0.3, -0.25) is 4.98 Å². The summed E-state index contributed by atoms with van der Waals surface area (Å²) in [7, 11) is 4.86. The van der Waals surface area contributed by atoms with E-state index in [1.807, 2.05) is 66.7 Å². The van der Waals surface area contributed by atoms with E-state index in [0.29, 0.717) is 23.9 Å². The van der Waals surface area contributed by atoms with Gasteiger partial charge in [0.25, 0.3) is 0 Å². The van der Waals surface area contributed by atoms with Crippen LogP contribution in [0.2, 0.25) is 0 Å². The van der Waals surface area contributed by atoms with Crippen molar-refractivity contribution in [3.8, 4) is 34.5 Å². The Bertz CT molecular complexity index is 1210. The van der Waals surface area contributed by atoms with Gasteiger partial charge in [-0.15, -0.1) is 11.8 Å². The second kappa shape index (κ2) is 10.8. The zero-order valence-electron chi connectivity index (χ0n) is 18.7. The number of nitrogens with zero attached hydrogens (tertiary/aromatic N) is 1. The minimum Gasteiger partial charge on any atom is -0.497 e.